The zero-order chi connectivity index (χ0) is 13.9. The Morgan fingerprint density at radius 1 is 1.44 bits per heavy atom. The average Bonchev–Trinajstić information content (AvgIpc) is 2.73. The molecular weight excluding hydrogens is 236 g/mol. The third-order valence-electron chi connectivity index (χ3n) is 2.44. The van der Waals surface area contributed by atoms with E-state index < -0.39 is 11.9 Å². The van der Waals surface area contributed by atoms with Crippen LogP contribution < -0.4 is 0 Å². The summed E-state index contributed by atoms with van der Waals surface area (Å²) in [5.74, 6) is -0.741. The van der Waals surface area contributed by atoms with E-state index in [2.05, 4.69) is 4.98 Å². The molecule has 0 aliphatic heterocycles. The van der Waals surface area contributed by atoms with Gasteiger partial charge in [0.25, 0.3) is 5.89 Å². The van der Waals surface area contributed by atoms with Crippen LogP contribution in [0.15, 0.2) is 10.6 Å². The molecule has 0 aliphatic carbocycles. The standard InChI is InChI=1S/C12H18N2O4/c1-12(2,3)8-7-13-10(18-8)11(17)14(4)6-5-9(15)16/h7H,5-6H2,1-4H3,(H,15,16). The molecule has 1 rings (SSSR count). The van der Waals surface area contributed by atoms with E-state index in [1.165, 1.54) is 18.1 Å². The second-order valence-corrected chi connectivity index (χ2v) is 5.15. The summed E-state index contributed by atoms with van der Waals surface area (Å²) in [4.78, 5) is 27.5. The number of carboxylic acid groups (broad SMARTS) is 1. The van der Waals surface area contributed by atoms with E-state index in [-0.39, 0.29) is 24.3 Å². The first-order valence-corrected chi connectivity index (χ1v) is 5.65. The van der Waals surface area contributed by atoms with Gasteiger partial charge in [0, 0.05) is 19.0 Å². The van der Waals surface area contributed by atoms with Gasteiger partial charge < -0.3 is 14.4 Å². The van der Waals surface area contributed by atoms with Gasteiger partial charge in [-0.1, -0.05) is 20.8 Å². The summed E-state index contributed by atoms with van der Waals surface area (Å²) in [5.41, 5.74) is -0.217. The van der Waals surface area contributed by atoms with Crippen LogP contribution >= 0.6 is 0 Å². The van der Waals surface area contributed by atoms with Gasteiger partial charge in [-0.2, -0.15) is 0 Å². The summed E-state index contributed by atoms with van der Waals surface area (Å²) in [6, 6.07) is 0. The molecule has 0 saturated heterocycles. The number of oxazole rings is 1. The SMILES string of the molecule is CN(CCC(=O)O)C(=O)c1ncc(C(C)(C)C)o1. The van der Waals surface area contributed by atoms with Gasteiger partial charge in [0.1, 0.15) is 5.76 Å². The molecule has 0 aliphatic rings. The lowest BCUT2D eigenvalue weighted by molar-refractivity contribution is -0.137. The zero-order valence-electron chi connectivity index (χ0n) is 11.1. The van der Waals surface area contributed by atoms with E-state index in [9.17, 15) is 9.59 Å². The molecular formula is C12H18N2O4. The van der Waals surface area contributed by atoms with Gasteiger partial charge in [0.15, 0.2) is 0 Å². The van der Waals surface area contributed by atoms with Crippen molar-refractivity contribution in [2.75, 3.05) is 13.6 Å². The number of nitrogens with zero attached hydrogens (tertiary/aromatic N) is 2. The van der Waals surface area contributed by atoms with Crippen molar-refractivity contribution in [2.45, 2.75) is 32.6 Å². The molecule has 6 heteroatoms. The molecule has 1 aromatic rings. The molecule has 0 fully saturated rings. The van der Waals surface area contributed by atoms with Crippen LogP contribution in [0.1, 0.15) is 43.6 Å². The van der Waals surface area contributed by atoms with E-state index in [0.717, 1.165) is 0 Å². The lowest BCUT2D eigenvalue weighted by Crippen LogP contribution is -2.29. The molecule has 1 amide bonds. The first-order valence-electron chi connectivity index (χ1n) is 5.65. The Bertz CT molecular complexity index is 445. The molecule has 0 radical (unpaired) electrons. The third-order valence-corrected chi connectivity index (χ3v) is 2.44. The lowest BCUT2D eigenvalue weighted by atomic mass is 9.94. The lowest BCUT2D eigenvalue weighted by Gasteiger charge is -2.15. The van der Waals surface area contributed by atoms with Crippen molar-refractivity contribution >= 4 is 11.9 Å². The fourth-order valence-corrected chi connectivity index (χ4v) is 1.25. The molecule has 0 atom stereocenters. The number of amides is 1. The topological polar surface area (TPSA) is 83.6 Å². The number of rotatable bonds is 4. The van der Waals surface area contributed by atoms with Gasteiger partial charge in [0.2, 0.25) is 0 Å². The summed E-state index contributed by atoms with van der Waals surface area (Å²) < 4.78 is 5.39. The Hall–Kier alpha value is -1.85. The Morgan fingerprint density at radius 2 is 2.06 bits per heavy atom. The number of hydrogen-bond acceptors (Lipinski definition) is 4. The average molecular weight is 254 g/mol. The fourth-order valence-electron chi connectivity index (χ4n) is 1.25. The van der Waals surface area contributed by atoms with Gasteiger partial charge in [-0.15, -0.1) is 0 Å². The van der Waals surface area contributed by atoms with Crippen molar-refractivity contribution in [3.8, 4) is 0 Å². The number of carboxylic acids is 1. The Kier molecular flexibility index (Phi) is 4.11. The molecule has 1 N–H and O–H groups in total. The van der Waals surface area contributed by atoms with Gasteiger partial charge in [-0.05, 0) is 0 Å². The number of aromatic nitrogens is 1. The fraction of sp³-hybridized carbons (Fsp3) is 0.583. The van der Waals surface area contributed by atoms with Crippen LogP contribution in [0.3, 0.4) is 0 Å². The highest BCUT2D eigenvalue weighted by Gasteiger charge is 2.23. The van der Waals surface area contributed by atoms with Crippen LogP contribution in [-0.4, -0.2) is 40.5 Å². The maximum atomic E-state index is 11.9. The first-order chi connectivity index (χ1) is 8.21. The molecule has 1 aromatic heterocycles. The second kappa shape index (κ2) is 5.20. The molecule has 0 bridgehead atoms. The summed E-state index contributed by atoms with van der Waals surface area (Å²) in [6.45, 7) is 5.99. The smallest absolute Gasteiger partial charge is 0.309 e. The summed E-state index contributed by atoms with van der Waals surface area (Å²) in [6.07, 6.45) is 1.42. The first kappa shape index (κ1) is 14.2. The van der Waals surface area contributed by atoms with Crippen molar-refractivity contribution in [1.29, 1.82) is 0 Å². The number of carbonyl (C=O) groups is 2. The highest BCUT2D eigenvalue weighted by molar-refractivity contribution is 5.89. The maximum absolute atomic E-state index is 11.9. The molecule has 0 spiro atoms. The van der Waals surface area contributed by atoms with Crippen molar-refractivity contribution in [3.63, 3.8) is 0 Å². The van der Waals surface area contributed by atoms with Crippen molar-refractivity contribution in [3.05, 3.63) is 17.8 Å². The molecule has 100 valence electrons. The van der Waals surface area contributed by atoms with Crippen LogP contribution in [0.25, 0.3) is 0 Å². The molecule has 18 heavy (non-hydrogen) atoms. The largest absolute Gasteiger partial charge is 0.481 e. The van der Waals surface area contributed by atoms with Crippen LogP contribution in [0.5, 0.6) is 0 Å². The van der Waals surface area contributed by atoms with Crippen LogP contribution in [-0.2, 0) is 10.2 Å². The number of aliphatic carboxylic acids is 1. The monoisotopic (exact) mass is 254 g/mol. The predicted molar refractivity (Wildman–Crippen MR) is 64.4 cm³/mol. The van der Waals surface area contributed by atoms with Gasteiger partial charge in [0.05, 0.1) is 12.6 Å². The Balaban J connectivity index is 2.72. The van der Waals surface area contributed by atoms with Gasteiger partial charge in [-0.3, -0.25) is 9.59 Å². The highest BCUT2D eigenvalue weighted by atomic mass is 16.4. The Labute approximate surface area is 106 Å². The van der Waals surface area contributed by atoms with Crippen molar-refractivity contribution < 1.29 is 19.1 Å². The van der Waals surface area contributed by atoms with E-state index in [4.69, 9.17) is 9.52 Å². The van der Waals surface area contributed by atoms with E-state index in [1.807, 2.05) is 20.8 Å². The highest BCUT2D eigenvalue weighted by Crippen LogP contribution is 2.22. The Morgan fingerprint density at radius 3 is 2.50 bits per heavy atom. The number of hydrogen-bond donors (Lipinski definition) is 1. The van der Waals surface area contributed by atoms with Crippen LogP contribution in [0.2, 0.25) is 0 Å². The minimum atomic E-state index is -0.947. The summed E-state index contributed by atoms with van der Waals surface area (Å²) in [5, 5.41) is 8.55. The molecule has 0 aromatic carbocycles. The normalized spacial score (nSPS) is 11.3. The summed E-state index contributed by atoms with van der Waals surface area (Å²) in [7, 11) is 1.52. The van der Waals surface area contributed by atoms with Gasteiger partial charge >= 0.3 is 11.9 Å². The van der Waals surface area contributed by atoms with Crippen molar-refractivity contribution in [1.82, 2.24) is 9.88 Å². The predicted octanol–water partition coefficient (Wildman–Crippen LogP) is 1.52. The second-order valence-electron chi connectivity index (χ2n) is 5.15. The van der Waals surface area contributed by atoms with E-state index in [0.29, 0.717) is 5.76 Å². The molecule has 0 saturated carbocycles. The third kappa shape index (κ3) is 3.58. The number of carbonyl (C=O) groups excluding carboxylic acids is 1. The van der Waals surface area contributed by atoms with Gasteiger partial charge in [-0.25, -0.2) is 4.98 Å². The minimum Gasteiger partial charge on any atom is -0.481 e. The van der Waals surface area contributed by atoms with Crippen LogP contribution in [0.4, 0.5) is 0 Å². The maximum Gasteiger partial charge on any atom is 0.309 e. The summed E-state index contributed by atoms with van der Waals surface area (Å²) >= 11 is 0. The molecule has 0 unspecified atom stereocenters. The minimum absolute atomic E-state index is 0.00665. The van der Waals surface area contributed by atoms with E-state index in [1.54, 1.807) is 0 Å². The molecule has 1 heterocycles. The van der Waals surface area contributed by atoms with Crippen LogP contribution in [0, 0.1) is 0 Å². The quantitative estimate of drug-likeness (QED) is 0.880. The van der Waals surface area contributed by atoms with E-state index >= 15 is 0 Å². The molecule has 6 nitrogen and oxygen atoms in total. The zero-order valence-corrected chi connectivity index (χ0v) is 11.1. The van der Waals surface area contributed by atoms with Crippen molar-refractivity contribution in [2.24, 2.45) is 0 Å².